The molecule has 0 aromatic heterocycles. The molecule has 2 aliphatic rings. The fourth-order valence-electron chi connectivity index (χ4n) is 2.94. The van der Waals surface area contributed by atoms with Gasteiger partial charge < -0.3 is 20.1 Å². The Balaban J connectivity index is 1.98. The molecule has 0 aromatic carbocycles. The van der Waals surface area contributed by atoms with Crippen molar-refractivity contribution < 1.29 is 14.6 Å². The van der Waals surface area contributed by atoms with Crippen molar-refractivity contribution in [1.82, 2.24) is 10.2 Å². The molecule has 0 saturated carbocycles. The molecule has 0 spiro atoms. The Hall–Kier alpha value is -0.650. The van der Waals surface area contributed by atoms with E-state index in [0.29, 0.717) is 19.0 Å². The first kappa shape index (κ1) is 13.8. The van der Waals surface area contributed by atoms with E-state index < -0.39 is 0 Å². The summed E-state index contributed by atoms with van der Waals surface area (Å²) in [5.41, 5.74) is 0. The summed E-state index contributed by atoms with van der Waals surface area (Å²) in [7, 11) is 0. The second-order valence-electron chi connectivity index (χ2n) is 5.57. The lowest BCUT2D eigenvalue weighted by Gasteiger charge is -2.39. The number of nitrogens with zero attached hydrogens (tertiary/aromatic N) is 1. The third-order valence-corrected chi connectivity index (χ3v) is 3.94. The van der Waals surface area contributed by atoms with Gasteiger partial charge in [0.1, 0.15) is 0 Å². The molecule has 18 heavy (non-hydrogen) atoms. The quantitative estimate of drug-likeness (QED) is 0.721. The van der Waals surface area contributed by atoms with Gasteiger partial charge in [0.2, 0.25) is 5.91 Å². The summed E-state index contributed by atoms with van der Waals surface area (Å²) in [6.07, 6.45) is 0.696. The Kier molecular flexibility index (Phi) is 4.59. The van der Waals surface area contributed by atoms with Crippen molar-refractivity contribution in [3.8, 4) is 0 Å². The molecule has 1 amide bonds. The lowest BCUT2D eigenvalue weighted by Crippen LogP contribution is -2.54. The van der Waals surface area contributed by atoms with Gasteiger partial charge in [0.05, 0.1) is 18.8 Å². The number of carbonyl (C=O) groups is 1. The molecule has 2 heterocycles. The van der Waals surface area contributed by atoms with Crippen LogP contribution in [0.4, 0.5) is 0 Å². The van der Waals surface area contributed by atoms with E-state index in [0.717, 1.165) is 19.5 Å². The maximum absolute atomic E-state index is 12.5. The van der Waals surface area contributed by atoms with Gasteiger partial charge in [-0.15, -0.1) is 0 Å². The van der Waals surface area contributed by atoms with Gasteiger partial charge in [-0.3, -0.25) is 4.79 Å². The van der Waals surface area contributed by atoms with Crippen LogP contribution in [0.2, 0.25) is 0 Å². The minimum Gasteiger partial charge on any atom is -0.394 e. The average molecular weight is 256 g/mol. The normalized spacial score (nSPS) is 37.6. The van der Waals surface area contributed by atoms with Crippen molar-refractivity contribution in [2.24, 2.45) is 11.8 Å². The van der Waals surface area contributed by atoms with E-state index in [-0.39, 0.29) is 30.6 Å². The maximum Gasteiger partial charge on any atom is 0.226 e. The van der Waals surface area contributed by atoms with Crippen LogP contribution >= 0.6 is 0 Å². The first-order valence-electron chi connectivity index (χ1n) is 6.87. The largest absolute Gasteiger partial charge is 0.394 e. The Morgan fingerprint density at radius 2 is 2.22 bits per heavy atom. The third-order valence-electron chi connectivity index (χ3n) is 3.94. The molecule has 0 radical (unpaired) electrons. The van der Waals surface area contributed by atoms with Crippen LogP contribution in [0, 0.1) is 11.8 Å². The number of aliphatic hydroxyl groups is 1. The van der Waals surface area contributed by atoms with E-state index in [2.05, 4.69) is 12.2 Å². The standard InChI is InChI=1S/C13H24N2O3/c1-9-5-14-4-3-12(9)13(17)15-6-10(2)18-11(7-15)8-16/h9-12,14,16H,3-8H2,1-2H3. The minimum atomic E-state index is -0.227. The summed E-state index contributed by atoms with van der Waals surface area (Å²) in [5, 5.41) is 12.5. The minimum absolute atomic E-state index is 0.0110. The number of morpholine rings is 1. The fraction of sp³-hybridized carbons (Fsp3) is 0.923. The second kappa shape index (κ2) is 5.99. The molecule has 2 fully saturated rings. The Morgan fingerprint density at radius 1 is 1.44 bits per heavy atom. The van der Waals surface area contributed by atoms with Crippen molar-refractivity contribution in [2.45, 2.75) is 32.5 Å². The molecule has 2 saturated heterocycles. The molecule has 5 nitrogen and oxygen atoms in total. The smallest absolute Gasteiger partial charge is 0.226 e. The number of rotatable bonds is 2. The molecule has 5 heteroatoms. The van der Waals surface area contributed by atoms with Crippen molar-refractivity contribution >= 4 is 5.91 Å². The Morgan fingerprint density at radius 3 is 2.89 bits per heavy atom. The molecule has 104 valence electrons. The SMILES string of the molecule is CC1CN(C(=O)C2CCNCC2C)CC(CO)O1. The summed E-state index contributed by atoms with van der Waals surface area (Å²) in [6.45, 7) is 7.07. The third kappa shape index (κ3) is 3.02. The van der Waals surface area contributed by atoms with E-state index in [1.54, 1.807) is 0 Å². The summed E-state index contributed by atoms with van der Waals surface area (Å²) in [4.78, 5) is 14.4. The number of carbonyl (C=O) groups excluding carboxylic acids is 1. The number of amides is 1. The van der Waals surface area contributed by atoms with Crippen LogP contribution in [-0.4, -0.2) is 60.9 Å². The summed E-state index contributed by atoms with van der Waals surface area (Å²) in [6, 6.07) is 0. The second-order valence-corrected chi connectivity index (χ2v) is 5.57. The highest BCUT2D eigenvalue weighted by Crippen LogP contribution is 2.23. The highest BCUT2D eigenvalue weighted by atomic mass is 16.5. The summed E-state index contributed by atoms with van der Waals surface area (Å²) >= 11 is 0. The molecule has 0 aromatic rings. The van der Waals surface area contributed by atoms with Gasteiger partial charge in [0.25, 0.3) is 0 Å². The van der Waals surface area contributed by atoms with E-state index in [9.17, 15) is 9.90 Å². The number of aliphatic hydroxyl groups excluding tert-OH is 1. The zero-order valence-corrected chi connectivity index (χ0v) is 11.3. The predicted molar refractivity (Wildman–Crippen MR) is 68.1 cm³/mol. The van der Waals surface area contributed by atoms with Crippen molar-refractivity contribution in [3.63, 3.8) is 0 Å². The van der Waals surface area contributed by atoms with Crippen LogP contribution in [0.5, 0.6) is 0 Å². The summed E-state index contributed by atoms with van der Waals surface area (Å²) in [5.74, 6) is 0.741. The number of hydrogen-bond donors (Lipinski definition) is 2. The molecule has 0 aliphatic carbocycles. The molecule has 2 aliphatic heterocycles. The molecule has 2 rings (SSSR count). The van der Waals surface area contributed by atoms with E-state index in [4.69, 9.17) is 4.74 Å². The van der Waals surface area contributed by atoms with E-state index >= 15 is 0 Å². The molecular formula is C13H24N2O3. The molecule has 4 atom stereocenters. The van der Waals surface area contributed by atoms with Gasteiger partial charge in [-0.1, -0.05) is 6.92 Å². The van der Waals surface area contributed by atoms with Gasteiger partial charge in [-0.25, -0.2) is 0 Å². The van der Waals surface area contributed by atoms with Crippen molar-refractivity contribution in [3.05, 3.63) is 0 Å². The lowest BCUT2D eigenvalue weighted by molar-refractivity contribution is -0.153. The lowest BCUT2D eigenvalue weighted by atomic mass is 9.86. The highest BCUT2D eigenvalue weighted by molar-refractivity contribution is 5.79. The van der Waals surface area contributed by atoms with Gasteiger partial charge in [0, 0.05) is 19.0 Å². The van der Waals surface area contributed by atoms with Gasteiger partial charge in [0.15, 0.2) is 0 Å². The van der Waals surface area contributed by atoms with Crippen molar-refractivity contribution in [1.29, 1.82) is 0 Å². The van der Waals surface area contributed by atoms with Gasteiger partial charge >= 0.3 is 0 Å². The average Bonchev–Trinajstić information content (AvgIpc) is 2.37. The first-order valence-corrected chi connectivity index (χ1v) is 6.87. The van der Waals surface area contributed by atoms with Crippen LogP contribution in [0.3, 0.4) is 0 Å². The van der Waals surface area contributed by atoms with Gasteiger partial charge in [-0.05, 0) is 32.4 Å². The monoisotopic (exact) mass is 256 g/mol. The van der Waals surface area contributed by atoms with E-state index in [1.807, 2.05) is 11.8 Å². The van der Waals surface area contributed by atoms with Gasteiger partial charge in [-0.2, -0.15) is 0 Å². The molecule has 4 unspecified atom stereocenters. The number of piperidine rings is 1. The van der Waals surface area contributed by atoms with Crippen molar-refractivity contribution in [2.75, 3.05) is 32.8 Å². The van der Waals surface area contributed by atoms with Crippen LogP contribution in [0.1, 0.15) is 20.3 Å². The van der Waals surface area contributed by atoms with Crippen LogP contribution in [-0.2, 0) is 9.53 Å². The highest BCUT2D eigenvalue weighted by Gasteiger charge is 2.35. The number of nitrogens with one attached hydrogen (secondary N) is 1. The molecular weight excluding hydrogens is 232 g/mol. The number of hydrogen-bond acceptors (Lipinski definition) is 4. The van der Waals surface area contributed by atoms with Crippen LogP contribution in [0.25, 0.3) is 0 Å². The molecule has 2 N–H and O–H groups in total. The first-order chi connectivity index (χ1) is 8.61. The predicted octanol–water partition coefficient (Wildman–Crippen LogP) is -0.160. The Labute approximate surface area is 108 Å². The van der Waals surface area contributed by atoms with E-state index in [1.165, 1.54) is 0 Å². The Bertz CT molecular complexity index is 298. The molecule has 0 bridgehead atoms. The van der Waals surface area contributed by atoms with Crippen LogP contribution in [0.15, 0.2) is 0 Å². The zero-order chi connectivity index (χ0) is 13.1. The maximum atomic E-state index is 12.5. The number of ether oxygens (including phenoxy) is 1. The fourth-order valence-corrected chi connectivity index (χ4v) is 2.94. The summed E-state index contributed by atoms with van der Waals surface area (Å²) < 4.78 is 5.57. The zero-order valence-electron chi connectivity index (χ0n) is 11.3. The van der Waals surface area contributed by atoms with Crippen LogP contribution < -0.4 is 5.32 Å². The topological polar surface area (TPSA) is 61.8 Å².